The smallest absolute Gasteiger partial charge is 0.101 e. The maximum Gasteiger partial charge on any atom is 0.101 e. The van der Waals surface area contributed by atoms with Crippen LogP contribution in [0.25, 0.3) is 0 Å². The van der Waals surface area contributed by atoms with E-state index in [0.717, 1.165) is 27.5 Å². The van der Waals surface area contributed by atoms with Gasteiger partial charge < -0.3 is 5.32 Å². The number of rotatable bonds is 5. The predicted octanol–water partition coefficient (Wildman–Crippen LogP) is 4.14. The Balaban J connectivity index is 1.59. The molecule has 98 valence electrons. The van der Waals surface area contributed by atoms with Crippen molar-refractivity contribution in [1.82, 2.24) is 10.3 Å². The number of pyridine rings is 1. The van der Waals surface area contributed by atoms with Crippen LogP contribution in [0.2, 0.25) is 5.02 Å². The Morgan fingerprint density at radius 2 is 1.95 bits per heavy atom. The fourth-order valence-corrected chi connectivity index (χ4v) is 2.63. The van der Waals surface area contributed by atoms with Crippen LogP contribution in [0.5, 0.6) is 0 Å². The Bertz CT molecular complexity index is 535. The lowest BCUT2D eigenvalue weighted by Gasteiger charge is -2.04. The first kappa shape index (κ1) is 13.0. The van der Waals surface area contributed by atoms with Crippen molar-refractivity contribution in [2.24, 2.45) is 0 Å². The number of halogens is 1. The van der Waals surface area contributed by atoms with E-state index in [2.05, 4.69) is 22.4 Å². The number of nitrogens with one attached hydrogen (secondary N) is 1. The third kappa shape index (κ3) is 3.96. The van der Waals surface area contributed by atoms with Crippen LogP contribution in [0.3, 0.4) is 0 Å². The molecule has 0 aliphatic heterocycles. The summed E-state index contributed by atoms with van der Waals surface area (Å²) in [6.07, 6.45) is 4.59. The van der Waals surface area contributed by atoms with Crippen LogP contribution in [0.4, 0.5) is 0 Å². The SMILES string of the molecule is Clc1ccc(Sc2ccc(CNC3CC3)cn2)cc1. The molecule has 1 heterocycles. The van der Waals surface area contributed by atoms with Crippen molar-refractivity contribution in [1.29, 1.82) is 0 Å². The maximum absolute atomic E-state index is 5.87. The predicted molar refractivity (Wildman–Crippen MR) is 79.7 cm³/mol. The van der Waals surface area contributed by atoms with Crippen molar-refractivity contribution in [2.45, 2.75) is 35.3 Å². The van der Waals surface area contributed by atoms with Crippen LogP contribution >= 0.6 is 23.4 Å². The Hall–Kier alpha value is -1.03. The van der Waals surface area contributed by atoms with Crippen molar-refractivity contribution in [2.75, 3.05) is 0 Å². The summed E-state index contributed by atoms with van der Waals surface area (Å²) in [7, 11) is 0. The summed E-state index contributed by atoms with van der Waals surface area (Å²) >= 11 is 7.52. The van der Waals surface area contributed by atoms with Gasteiger partial charge in [-0.2, -0.15) is 0 Å². The van der Waals surface area contributed by atoms with Crippen LogP contribution < -0.4 is 5.32 Å². The Kier molecular flexibility index (Phi) is 4.06. The van der Waals surface area contributed by atoms with E-state index in [-0.39, 0.29) is 0 Å². The molecule has 1 aromatic heterocycles. The molecule has 1 N–H and O–H groups in total. The van der Waals surface area contributed by atoms with Crippen LogP contribution in [0.1, 0.15) is 18.4 Å². The first-order valence-corrected chi connectivity index (χ1v) is 7.61. The minimum atomic E-state index is 0.739. The number of hydrogen-bond acceptors (Lipinski definition) is 3. The van der Waals surface area contributed by atoms with E-state index in [1.165, 1.54) is 18.4 Å². The van der Waals surface area contributed by atoms with Crippen LogP contribution in [0, 0.1) is 0 Å². The summed E-state index contributed by atoms with van der Waals surface area (Å²) in [6.45, 7) is 0.920. The molecule has 0 unspecified atom stereocenters. The molecule has 0 amide bonds. The van der Waals surface area contributed by atoms with E-state index in [9.17, 15) is 0 Å². The minimum absolute atomic E-state index is 0.739. The second kappa shape index (κ2) is 5.95. The number of benzene rings is 1. The first-order chi connectivity index (χ1) is 9.29. The van der Waals surface area contributed by atoms with Crippen LogP contribution in [-0.2, 0) is 6.54 Å². The van der Waals surface area contributed by atoms with E-state index in [0.29, 0.717) is 0 Å². The van der Waals surface area contributed by atoms with Gasteiger partial charge in [0.2, 0.25) is 0 Å². The molecule has 0 saturated heterocycles. The number of nitrogens with zero attached hydrogens (tertiary/aromatic N) is 1. The van der Waals surface area contributed by atoms with Gasteiger partial charge in [0.25, 0.3) is 0 Å². The summed E-state index contributed by atoms with van der Waals surface area (Å²) in [5.74, 6) is 0. The molecule has 1 aromatic carbocycles. The van der Waals surface area contributed by atoms with Crippen molar-refractivity contribution in [3.63, 3.8) is 0 Å². The molecule has 0 radical (unpaired) electrons. The lowest BCUT2D eigenvalue weighted by molar-refractivity contribution is 0.685. The summed E-state index contributed by atoms with van der Waals surface area (Å²) in [4.78, 5) is 5.64. The maximum atomic E-state index is 5.87. The summed E-state index contributed by atoms with van der Waals surface area (Å²) in [5, 5.41) is 5.26. The molecule has 3 rings (SSSR count). The second-order valence-corrected chi connectivity index (χ2v) is 6.25. The highest BCUT2D eigenvalue weighted by atomic mass is 35.5. The molecule has 1 fully saturated rings. The van der Waals surface area contributed by atoms with Crippen LogP contribution in [0.15, 0.2) is 52.5 Å². The molecule has 19 heavy (non-hydrogen) atoms. The fraction of sp³-hybridized carbons (Fsp3) is 0.267. The van der Waals surface area contributed by atoms with Crippen LogP contribution in [-0.4, -0.2) is 11.0 Å². The lowest BCUT2D eigenvalue weighted by Crippen LogP contribution is -2.15. The molecule has 1 aliphatic carbocycles. The van der Waals surface area contributed by atoms with E-state index >= 15 is 0 Å². The van der Waals surface area contributed by atoms with Crippen molar-refractivity contribution >= 4 is 23.4 Å². The van der Waals surface area contributed by atoms with Gasteiger partial charge in [-0.15, -0.1) is 0 Å². The van der Waals surface area contributed by atoms with Gasteiger partial charge in [-0.05, 0) is 48.7 Å². The highest BCUT2D eigenvalue weighted by Gasteiger charge is 2.19. The molecular formula is C15H15ClN2S. The number of aromatic nitrogens is 1. The second-order valence-electron chi connectivity index (χ2n) is 4.72. The normalized spacial score (nSPS) is 14.6. The van der Waals surface area contributed by atoms with Gasteiger partial charge >= 0.3 is 0 Å². The zero-order valence-electron chi connectivity index (χ0n) is 10.5. The van der Waals surface area contributed by atoms with E-state index < -0.39 is 0 Å². The third-order valence-electron chi connectivity index (χ3n) is 3.01. The quantitative estimate of drug-likeness (QED) is 0.896. The van der Waals surface area contributed by atoms with E-state index in [1.54, 1.807) is 11.8 Å². The number of hydrogen-bond donors (Lipinski definition) is 1. The standard InChI is InChI=1S/C15H15ClN2S/c16-12-2-6-14(7-3-12)19-15-8-1-11(10-18-15)9-17-13-4-5-13/h1-3,6-8,10,13,17H,4-5,9H2. The summed E-state index contributed by atoms with van der Waals surface area (Å²) in [5.41, 5.74) is 1.24. The highest BCUT2D eigenvalue weighted by Crippen LogP contribution is 2.27. The third-order valence-corrected chi connectivity index (χ3v) is 4.22. The molecule has 0 bridgehead atoms. The van der Waals surface area contributed by atoms with Gasteiger partial charge in [0.05, 0.1) is 0 Å². The summed E-state index contributed by atoms with van der Waals surface area (Å²) < 4.78 is 0. The minimum Gasteiger partial charge on any atom is -0.310 e. The molecule has 1 aliphatic rings. The highest BCUT2D eigenvalue weighted by molar-refractivity contribution is 7.99. The Morgan fingerprint density at radius 3 is 2.58 bits per heavy atom. The van der Waals surface area contributed by atoms with Gasteiger partial charge in [-0.3, -0.25) is 0 Å². The molecule has 0 atom stereocenters. The van der Waals surface area contributed by atoms with Gasteiger partial charge in [0.15, 0.2) is 0 Å². The van der Waals surface area contributed by atoms with E-state index in [4.69, 9.17) is 11.6 Å². The van der Waals surface area contributed by atoms with Gasteiger partial charge in [-0.25, -0.2) is 4.98 Å². The topological polar surface area (TPSA) is 24.9 Å². The van der Waals surface area contributed by atoms with E-state index in [1.807, 2.05) is 30.5 Å². The zero-order chi connectivity index (χ0) is 13.1. The average Bonchev–Trinajstić information content (AvgIpc) is 3.25. The fourth-order valence-electron chi connectivity index (χ4n) is 1.75. The zero-order valence-corrected chi connectivity index (χ0v) is 12.0. The molecule has 0 spiro atoms. The van der Waals surface area contributed by atoms with Gasteiger partial charge in [0.1, 0.15) is 5.03 Å². The van der Waals surface area contributed by atoms with Gasteiger partial charge in [-0.1, -0.05) is 29.4 Å². The monoisotopic (exact) mass is 290 g/mol. The average molecular weight is 291 g/mol. The molecular weight excluding hydrogens is 276 g/mol. The van der Waals surface area contributed by atoms with Crippen molar-refractivity contribution < 1.29 is 0 Å². The largest absolute Gasteiger partial charge is 0.310 e. The van der Waals surface area contributed by atoms with Crippen molar-refractivity contribution in [3.05, 3.63) is 53.2 Å². The molecule has 2 aromatic rings. The molecule has 1 saturated carbocycles. The summed E-state index contributed by atoms with van der Waals surface area (Å²) in [6, 6.07) is 12.8. The first-order valence-electron chi connectivity index (χ1n) is 6.41. The Morgan fingerprint density at radius 1 is 1.16 bits per heavy atom. The van der Waals surface area contributed by atoms with Gasteiger partial charge in [0, 0.05) is 28.7 Å². The van der Waals surface area contributed by atoms with Crippen molar-refractivity contribution in [3.8, 4) is 0 Å². The molecule has 2 nitrogen and oxygen atoms in total. The molecule has 4 heteroatoms. The Labute approximate surface area is 122 Å². The lowest BCUT2D eigenvalue weighted by atomic mass is 10.3.